The quantitative estimate of drug-likeness (QED) is 0.113. The van der Waals surface area contributed by atoms with Gasteiger partial charge in [0.25, 0.3) is 0 Å². The minimum Gasteiger partial charge on any atom is -0.673 e. The van der Waals surface area contributed by atoms with Gasteiger partial charge >= 0.3 is 0 Å². The van der Waals surface area contributed by atoms with E-state index in [1.807, 2.05) is 6.07 Å². The Morgan fingerprint density at radius 3 is 1.88 bits per heavy atom. The van der Waals surface area contributed by atoms with Gasteiger partial charge in [0.15, 0.2) is 0 Å². The van der Waals surface area contributed by atoms with Crippen LogP contribution in [-0.4, -0.2) is 4.98 Å². The summed E-state index contributed by atoms with van der Waals surface area (Å²) in [7, 11) is 0. The van der Waals surface area contributed by atoms with E-state index < -0.39 is 0 Å². The van der Waals surface area contributed by atoms with E-state index in [2.05, 4.69) is 111 Å². The first-order valence-electron chi connectivity index (χ1n) is 17.5. The molecule has 2 saturated carbocycles. The van der Waals surface area contributed by atoms with Gasteiger partial charge in [-0.1, -0.05) is 153 Å². The van der Waals surface area contributed by atoms with Gasteiger partial charge in [-0.25, -0.2) is 0 Å². The third kappa shape index (κ3) is 8.05. The molecule has 1 unspecified atom stereocenters. The maximum absolute atomic E-state index is 5.92. The average Bonchev–Trinajstić information content (AvgIpc) is 3.11. The van der Waals surface area contributed by atoms with Crippen LogP contribution in [0.4, 0.5) is 5.69 Å². The molecular weight excluding hydrogens is 747 g/mol. The summed E-state index contributed by atoms with van der Waals surface area (Å²) in [6, 6.07) is 38.6. The second-order valence-electron chi connectivity index (χ2n) is 13.7. The zero-order valence-electron chi connectivity index (χ0n) is 29.5. The predicted molar refractivity (Wildman–Crippen MR) is 202 cm³/mol. The summed E-state index contributed by atoms with van der Waals surface area (Å²) in [6.45, 7) is 4.60. The molecule has 4 aromatic carbocycles. The Kier molecular flexibility index (Phi) is 13.8. The molecule has 7 rings (SSSR count). The van der Waals surface area contributed by atoms with Crippen molar-refractivity contribution in [1.29, 1.82) is 0 Å². The van der Waals surface area contributed by atoms with Crippen molar-refractivity contribution in [3.63, 3.8) is 0 Å². The molecule has 0 radical (unpaired) electrons. The summed E-state index contributed by atoms with van der Waals surface area (Å²) < 4.78 is 0. The first-order chi connectivity index (χ1) is 22.2. The summed E-state index contributed by atoms with van der Waals surface area (Å²) in [5, 5.41) is 8.31. The Labute approximate surface area is 310 Å². The molecule has 0 spiro atoms. The van der Waals surface area contributed by atoms with Crippen molar-refractivity contribution < 1.29 is 25.8 Å². The van der Waals surface area contributed by atoms with E-state index in [0.717, 1.165) is 17.0 Å². The van der Waals surface area contributed by atoms with Gasteiger partial charge in [0, 0.05) is 31.5 Å². The molecule has 5 aromatic rings. The molecule has 0 amide bonds. The molecule has 3 heteroatoms. The molecule has 2 aliphatic rings. The van der Waals surface area contributed by atoms with Gasteiger partial charge in [-0.05, 0) is 66.8 Å². The number of aromatic nitrogens is 1. The maximum Gasteiger partial charge on any atom is 0.0195 e. The van der Waals surface area contributed by atoms with Crippen LogP contribution in [0.1, 0.15) is 130 Å². The third-order valence-corrected chi connectivity index (χ3v) is 10.4. The van der Waals surface area contributed by atoms with Crippen LogP contribution >= 0.6 is 0 Å². The van der Waals surface area contributed by atoms with Gasteiger partial charge in [0.2, 0.25) is 0 Å². The van der Waals surface area contributed by atoms with Crippen LogP contribution < -0.4 is 0 Å². The summed E-state index contributed by atoms with van der Waals surface area (Å²) in [5.41, 5.74) is 9.86. The summed E-state index contributed by atoms with van der Waals surface area (Å²) >= 11 is 0. The molecule has 1 aromatic heterocycles. The van der Waals surface area contributed by atoms with Crippen LogP contribution in [0.25, 0.3) is 27.3 Å². The van der Waals surface area contributed by atoms with Crippen molar-refractivity contribution in [1.82, 2.24) is 4.98 Å². The van der Waals surface area contributed by atoms with Crippen molar-refractivity contribution in [2.75, 3.05) is 0 Å². The molecule has 1 heterocycles. The van der Waals surface area contributed by atoms with Crippen molar-refractivity contribution in [2.24, 2.45) is 0 Å². The molecule has 0 aliphatic heterocycles. The molecule has 2 fully saturated rings. The molecule has 0 bridgehead atoms. The van der Waals surface area contributed by atoms with Crippen molar-refractivity contribution in [3.8, 4) is 11.3 Å². The first kappa shape index (κ1) is 37.8. The standard InChI is InChI=1S/C43H46N2.2CH3.Hf/c1-30(2)34-22-11-12-24-39(34)43(41-29-15-28-40(44-41)38-27-13-21-31-20-9-10-23-35(31)38)45-42-36(32-16-5-3-6-17-32)25-14-26-37(42)33-18-7-4-8-19-33;;;/h9-15,20-26,28-30,32-33,43H,3-8,16-19H2,1-2H3;2*1H3;/q-2;2*-1;. The summed E-state index contributed by atoms with van der Waals surface area (Å²) in [5.74, 6) is 1.57. The van der Waals surface area contributed by atoms with Crippen LogP contribution in [0.3, 0.4) is 0 Å². The molecular formula is C45H52HfN2-4. The molecule has 2 aliphatic carbocycles. The van der Waals surface area contributed by atoms with Gasteiger partial charge in [-0.15, -0.1) is 34.8 Å². The van der Waals surface area contributed by atoms with Crippen LogP contribution in [0.5, 0.6) is 0 Å². The van der Waals surface area contributed by atoms with Gasteiger partial charge in [0.05, 0.1) is 0 Å². The Morgan fingerprint density at radius 2 is 1.23 bits per heavy atom. The van der Waals surface area contributed by atoms with Gasteiger partial charge < -0.3 is 25.2 Å². The maximum atomic E-state index is 5.92. The zero-order valence-corrected chi connectivity index (χ0v) is 33.1. The minimum absolute atomic E-state index is 0. The van der Waals surface area contributed by atoms with Crippen molar-refractivity contribution in [3.05, 3.63) is 151 Å². The van der Waals surface area contributed by atoms with Crippen molar-refractivity contribution in [2.45, 2.75) is 102 Å². The number of nitrogens with zero attached hydrogens (tertiary/aromatic N) is 2. The molecule has 48 heavy (non-hydrogen) atoms. The van der Waals surface area contributed by atoms with E-state index >= 15 is 0 Å². The number of para-hydroxylation sites is 1. The van der Waals surface area contributed by atoms with E-state index in [0.29, 0.717) is 17.8 Å². The largest absolute Gasteiger partial charge is 0.673 e. The number of pyridine rings is 1. The van der Waals surface area contributed by atoms with Crippen LogP contribution in [0.2, 0.25) is 0 Å². The predicted octanol–water partition coefficient (Wildman–Crippen LogP) is 13.6. The topological polar surface area (TPSA) is 27.0 Å². The normalized spacial score (nSPS) is 16.0. The number of rotatable bonds is 8. The smallest absolute Gasteiger partial charge is 0.0195 e. The van der Waals surface area contributed by atoms with Crippen molar-refractivity contribution >= 4 is 16.5 Å². The number of benzene rings is 4. The summed E-state index contributed by atoms with van der Waals surface area (Å²) in [4.78, 5) is 5.43. The van der Waals surface area contributed by atoms with Gasteiger partial charge in [-0.2, -0.15) is 0 Å². The fourth-order valence-electron chi connectivity index (χ4n) is 8.04. The number of hydrogen-bond donors (Lipinski definition) is 0. The summed E-state index contributed by atoms with van der Waals surface area (Å²) in [6.07, 6.45) is 13.1. The Balaban J connectivity index is 0.00000173. The second-order valence-corrected chi connectivity index (χ2v) is 13.7. The molecule has 0 saturated heterocycles. The van der Waals surface area contributed by atoms with Gasteiger partial charge in [0.1, 0.15) is 0 Å². The average molecular weight is 799 g/mol. The Bertz CT molecular complexity index is 1700. The SMILES string of the molecule is CC(C)c1ccccc1C([N-]c1c(C2CCCCC2)cccc1C1CCCCC1)c1cccc(-c2[c-]ccc3ccccc23)n1.[CH3-].[CH3-].[Hf]. The van der Waals surface area contributed by atoms with Crippen LogP contribution in [-0.2, 0) is 25.8 Å². The number of fused-ring (bicyclic) bond motifs is 1. The van der Waals surface area contributed by atoms with E-state index in [1.165, 1.54) is 103 Å². The van der Waals surface area contributed by atoms with Gasteiger partial charge in [-0.3, -0.25) is 0 Å². The minimum atomic E-state index is -0.189. The molecule has 1 atom stereocenters. The van der Waals surface area contributed by atoms with Crippen LogP contribution in [0.15, 0.2) is 97.1 Å². The van der Waals surface area contributed by atoms with E-state index in [9.17, 15) is 0 Å². The fraction of sp³-hybridized carbons (Fsp3) is 0.356. The molecule has 2 nitrogen and oxygen atoms in total. The molecule has 0 N–H and O–H groups in total. The van der Waals surface area contributed by atoms with E-state index in [-0.39, 0.29) is 46.7 Å². The monoisotopic (exact) mass is 800 g/mol. The van der Waals surface area contributed by atoms with E-state index in [4.69, 9.17) is 10.3 Å². The Morgan fingerprint density at radius 1 is 0.646 bits per heavy atom. The number of hydrogen-bond acceptors (Lipinski definition) is 1. The first-order valence-corrected chi connectivity index (χ1v) is 17.5. The van der Waals surface area contributed by atoms with Crippen LogP contribution in [0, 0.1) is 20.9 Å². The Hall–Kier alpha value is -3.04. The second kappa shape index (κ2) is 17.6. The molecule has 250 valence electrons. The van der Waals surface area contributed by atoms with E-state index in [1.54, 1.807) is 0 Å². The fourth-order valence-corrected chi connectivity index (χ4v) is 8.04. The zero-order chi connectivity index (χ0) is 30.6. The third-order valence-electron chi connectivity index (χ3n) is 10.4.